The van der Waals surface area contributed by atoms with Crippen molar-refractivity contribution in [1.29, 1.82) is 0 Å². The summed E-state index contributed by atoms with van der Waals surface area (Å²) in [4.78, 5) is 0. The van der Waals surface area contributed by atoms with Crippen LogP contribution in [-0.4, -0.2) is 34.8 Å². The van der Waals surface area contributed by atoms with Crippen molar-refractivity contribution in [3.8, 4) is 0 Å². The predicted octanol–water partition coefficient (Wildman–Crippen LogP) is 4.16. The highest BCUT2D eigenvalue weighted by atomic mass is 32.1. The lowest BCUT2D eigenvalue weighted by molar-refractivity contribution is -0.0327. The summed E-state index contributed by atoms with van der Waals surface area (Å²) in [5.41, 5.74) is -0.202. The third-order valence-corrected chi connectivity index (χ3v) is 5.86. The highest BCUT2D eigenvalue weighted by Gasteiger charge is 2.46. The van der Waals surface area contributed by atoms with E-state index < -0.39 is 9.05 Å². The van der Waals surface area contributed by atoms with E-state index >= 15 is 0 Å². The first kappa shape index (κ1) is 20.4. The Balaban J connectivity index is 3.98. The first-order valence-electron chi connectivity index (χ1n) is 7.63. The lowest BCUT2D eigenvalue weighted by Crippen LogP contribution is -2.50. The molecular weight excluding hydrogens is 292 g/mol. The minimum atomic E-state index is -3.03. The summed E-state index contributed by atoms with van der Waals surface area (Å²) in [5, 5.41) is 0. The van der Waals surface area contributed by atoms with Gasteiger partial charge in [0.25, 0.3) is 0 Å². The number of hydrogen-bond acceptors (Lipinski definition) is 5. The second-order valence-corrected chi connectivity index (χ2v) is 8.07. The maximum absolute atomic E-state index is 5.81. The molecule has 0 fully saturated rings. The number of rotatable bonds is 13. The Kier molecular flexibility index (Phi) is 12.2. The van der Waals surface area contributed by atoms with Gasteiger partial charge in [0.1, 0.15) is 0 Å². The molecular formula is C14H32O4SSi. The van der Waals surface area contributed by atoms with E-state index in [2.05, 4.69) is 19.6 Å². The highest BCUT2D eigenvalue weighted by Crippen LogP contribution is 2.20. The van der Waals surface area contributed by atoms with Crippen LogP contribution in [0, 0.1) is 0 Å². The minimum absolute atomic E-state index is 0.00357. The molecule has 4 nitrogen and oxygen atoms in total. The average molecular weight is 325 g/mol. The van der Waals surface area contributed by atoms with Crippen molar-refractivity contribution in [3.63, 3.8) is 0 Å². The Morgan fingerprint density at radius 2 is 1.45 bits per heavy atom. The second kappa shape index (κ2) is 12.0. The van der Waals surface area contributed by atoms with Crippen molar-refractivity contribution in [3.05, 3.63) is 0 Å². The molecule has 0 amide bonds. The summed E-state index contributed by atoms with van der Waals surface area (Å²) < 4.78 is 22.2. The van der Waals surface area contributed by atoms with Gasteiger partial charge in [-0.05, 0) is 20.3 Å². The van der Waals surface area contributed by atoms with E-state index in [-0.39, 0.29) is 11.5 Å². The third-order valence-electron chi connectivity index (χ3n) is 2.97. The molecule has 0 saturated heterocycles. The van der Waals surface area contributed by atoms with Crippen LogP contribution in [-0.2, 0) is 17.7 Å². The van der Waals surface area contributed by atoms with Gasteiger partial charge in [-0.25, -0.2) is 0 Å². The van der Waals surface area contributed by atoms with Gasteiger partial charge >= 0.3 is 9.05 Å². The van der Waals surface area contributed by atoms with Crippen LogP contribution < -0.4 is 0 Å². The molecule has 0 spiro atoms. The predicted molar refractivity (Wildman–Crippen MR) is 87.8 cm³/mol. The normalized spacial score (nSPS) is 13.9. The SMILES string of the molecule is CCCCCCCCC(S)O[Si](OC)(OC)OC(C)C. The van der Waals surface area contributed by atoms with Crippen LogP contribution in [0.1, 0.15) is 65.7 Å². The van der Waals surface area contributed by atoms with Gasteiger partial charge in [0.2, 0.25) is 0 Å². The lowest BCUT2D eigenvalue weighted by Gasteiger charge is -2.29. The largest absolute Gasteiger partial charge is 0.680 e. The monoisotopic (exact) mass is 324 g/mol. The minimum Gasteiger partial charge on any atom is -0.355 e. The van der Waals surface area contributed by atoms with Gasteiger partial charge < -0.3 is 17.7 Å². The van der Waals surface area contributed by atoms with Crippen molar-refractivity contribution >= 4 is 21.7 Å². The Labute approximate surface area is 131 Å². The molecule has 0 aliphatic heterocycles. The fourth-order valence-corrected chi connectivity index (χ4v) is 4.12. The molecule has 0 bridgehead atoms. The first-order chi connectivity index (χ1) is 9.49. The maximum Gasteiger partial charge on any atom is 0.680 e. The zero-order valence-electron chi connectivity index (χ0n) is 13.7. The summed E-state index contributed by atoms with van der Waals surface area (Å²) in [6.07, 6.45) is 8.42. The molecule has 1 unspecified atom stereocenters. The molecule has 0 saturated carbocycles. The van der Waals surface area contributed by atoms with Gasteiger partial charge in [-0.15, -0.1) is 12.6 Å². The molecule has 0 aromatic heterocycles. The van der Waals surface area contributed by atoms with Crippen LogP contribution in [0.25, 0.3) is 0 Å². The van der Waals surface area contributed by atoms with Crippen molar-refractivity contribution in [1.82, 2.24) is 0 Å². The molecule has 0 radical (unpaired) electrons. The number of unbranched alkanes of at least 4 members (excludes halogenated alkanes) is 5. The first-order valence-corrected chi connectivity index (χ1v) is 9.78. The van der Waals surface area contributed by atoms with E-state index in [4.69, 9.17) is 17.7 Å². The molecule has 0 heterocycles. The van der Waals surface area contributed by atoms with Crippen LogP contribution in [0.5, 0.6) is 0 Å². The Morgan fingerprint density at radius 3 is 1.95 bits per heavy atom. The molecule has 0 aromatic rings. The Bertz CT molecular complexity index is 225. The van der Waals surface area contributed by atoms with Gasteiger partial charge in [0, 0.05) is 20.3 Å². The molecule has 0 N–H and O–H groups in total. The highest BCUT2D eigenvalue weighted by molar-refractivity contribution is 7.80. The Morgan fingerprint density at radius 1 is 0.900 bits per heavy atom. The smallest absolute Gasteiger partial charge is 0.355 e. The van der Waals surface area contributed by atoms with Gasteiger partial charge in [0.05, 0.1) is 5.44 Å². The van der Waals surface area contributed by atoms with E-state index in [1.165, 1.54) is 32.1 Å². The summed E-state index contributed by atoms with van der Waals surface area (Å²) in [5.74, 6) is 0. The lowest BCUT2D eigenvalue weighted by atomic mass is 10.1. The van der Waals surface area contributed by atoms with Crippen molar-refractivity contribution in [2.75, 3.05) is 14.2 Å². The average Bonchev–Trinajstić information content (AvgIpc) is 2.41. The van der Waals surface area contributed by atoms with Crippen molar-refractivity contribution in [2.45, 2.75) is 77.3 Å². The van der Waals surface area contributed by atoms with Gasteiger partial charge in [-0.1, -0.05) is 45.4 Å². The molecule has 0 rings (SSSR count). The Hall–Kier alpha value is 0.407. The molecule has 1 atom stereocenters. The van der Waals surface area contributed by atoms with Gasteiger partial charge in [0.15, 0.2) is 0 Å². The van der Waals surface area contributed by atoms with Gasteiger partial charge in [-0.3, -0.25) is 0 Å². The maximum atomic E-state index is 5.81. The van der Waals surface area contributed by atoms with Crippen molar-refractivity contribution in [2.24, 2.45) is 0 Å². The quantitative estimate of drug-likeness (QED) is 0.239. The summed E-state index contributed by atoms with van der Waals surface area (Å²) in [6.45, 7) is 6.10. The van der Waals surface area contributed by atoms with Crippen LogP contribution in [0.2, 0.25) is 0 Å². The van der Waals surface area contributed by atoms with Crippen LogP contribution in [0.3, 0.4) is 0 Å². The van der Waals surface area contributed by atoms with E-state index in [0.717, 1.165) is 12.8 Å². The molecule has 0 aliphatic rings. The molecule has 0 aliphatic carbocycles. The van der Waals surface area contributed by atoms with Crippen LogP contribution in [0.4, 0.5) is 0 Å². The fraction of sp³-hybridized carbons (Fsp3) is 1.00. The van der Waals surface area contributed by atoms with E-state index in [1.54, 1.807) is 14.2 Å². The van der Waals surface area contributed by atoms with E-state index in [0.29, 0.717) is 0 Å². The number of hydrogen-bond donors (Lipinski definition) is 1. The summed E-state index contributed by atoms with van der Waals surface area (Å²) in [7, 11) is 0.0906. The molecule has 0 aromatic carbocycles. The van der Waals surface area contributed by atoms with E-state index in [9.17, 15) is 0 Å². The topological polar surface area (TPSA) is 36.9 Å². The standard InChI is InChI=1S/C14H32O4SSi/c1-6-7-8-9-10-11-12-14(19)18-20(15-4,16-5)17-13(2)3/h13-14,19H,6-12H2,1-5H3. The van der Waals surface area contributed by atoms with Crippen LogP contribution >= 0.6 is 12.6 Å². The summed E-state index contributed by atoms with van der Waals surface area (Å²) in [6, 6.07) is 0. The molecule has 20 heavy (non-hydrogen) atoms. The summed E-state index contributed by atoms with van der Waals surface area (Å²) >= 11 is 4.47. The third kappa shape index (κ3) is 9.36. The van der Waals surface area contributed by atoms with Crippen molar-refractivity contribution < 1.29 is 17.7 Å². The number of thiol groups is 1. The molecule has 6 heteroatoms. The van der Waals surface area contributed by atoms with Gasteiger partial charge in [-0.2, -0.15) is 0 Å². The molecule has 122 valence electrons. The fourth-order valence-electron chi connectivity index (χ4n) is 1.92. The zero-order valence-corrected chi connectivity index (χ0v) is 15.6. The van der Waals surface area contributed by atoms with E-state index in [1.807, 2.05) is 13.8 Å². The second-order valence-electron chi connectivity index (χ2n) is 5.20. The zero-order chi connectivity index (χ0) is 15.4. The van der Waals surface area contributed by atoms with Crippen LogP contribution in [0.15, 0.2) is 0 Å².